The number of nitrogens with one attached hydrogen (secondary N) is 4. The average Bonchev–Trinajstić information content (AvgIpc) is 3.32. The number of pyridine rings is 1. The Kier molecular flexibility index (Phi) is 7.61. The second kappa shape index (κ2) is 11.1. The Morgan fingerprint density at radius 2 is 2.14 bits per heavy atom. The zero-order valence-corrected chi connectivity index (χ0v) is 22.2. The number of fused-ring (bicyclic) bond motifs is 1. The van der Waals surface area contributed by atoms with E-state index in [2.05, 4.69) is 53.6 Å². The summed E-state index contributed by atoms with van der Waals surface area (Å²) in [5.74, 6) is 0.468. The number of imidazole rings is 1. The van der Waals surface area contributed by atoms with Crippen molar-refractivity contribution in [2.75, 3.05) is 43.0 Å². The summed E-state index contributed by atoms with van der Waals surface area (Å²) in [6.07, 6.45) is 1.55. The summed E-state index contributed by atoms with van der Waals surface area (Å²) in [7, 11) is 0. The maximum Gasteiger partial charge on any atom is 0.261 e. The van der Waals surface area contributed by atoms with Crippen LogP contribution in [-0.4, -0.2) is 64.0 Å². The quantitative estimate of drug-likeness (QED) is 0.193. The van der Waals surface area contributed by atoms with Gasteiger partial charge in [-0.05, 0) is 54.8 Å². The lowest BCUT2D eigenvalue weighted by atomic mass is 10.1. The molecule has 3 heterocycles. The molecule has 0 saturated carbocycles. The zero-order valence-electron chi connectivity index (χ0n) is 20.6. The molecule has 194 valence electrons. The van der Waals surface area contributed by atoms with Crippen molar-refractivity contribution in [1.82, 2.24) is 20.3 Å². The van der Waals surface area contributed by atoms with Gasteiger partial charge in [0.25, 0.3) is 5.56 Å². The summed E-state index contributed by atoms with van der Waals surface area (Å²) in [4.78, 5) is 26.1. The summed E-state index contributed by atoms with van der Waals surface area (Å²) in [6.45, 7) is 4.96. The van der Waals surface area contributed by atoms with Gasteiger partial charge in [-0.3, -0.25) is 4.79 Å². The maximum atomic E-state index is 12.9. The number of H-pyrrole nitrogens is 2. The number of piperazine rings is 1. The van der Waals surface area contributed by atoms with Crippen molar-refractivity contribution >= 4 is 38.3 Å². The van der Waals surface area contributed by atoms with E-state index >= 15 is 0 Å². The number of aliphatic hydroxyl groups is 2. The average molecular weight is 567 g/mol. The van der Waals surface area contributed by atoms with E-state index in [0.29, 0.717) is 17.1 Å². The third-order valence-electron chi connectivity index (χ3n) is 6.78. The van der Waals surface area contributed by atoms with E-state index in [9.17, 15) is 15.0 Å². The minimum absolute atomic E-state index is 0.162. The van der Waals surface area contributed by atoms with E-state index in [1.54, 1.807) is 12.3 Å². The molecular weight excluding hydrogens is 536 g/mol. The van der Waals surface area contributed by atoms with Crippen LogP contribution in [0.4, 0.5) is 11.4 Å². The van der Waals surface area contributed by atoms with E-state index in [4.69, 9.17) is 4.98 Å². The van der Waals surface area contributed by atoms with Gasteiger partial charge in [-0.15, -0.1) is 0 Å². The SMILES string of the molecule is Cc1cc(N2CCNC(CCO)C2)cc2[nH]c(-c3c(NCC(O)c4cccc(Br)c4)cc[nH]c3=O)nc12. The summed E-state index contributed by atoms with van der Waals surface area (Å²) < 4.78 is 0.891. The molecule has 2 unspecified atom stereocenters. The predicted molar refractivity (Wildman–Crippen MR) is 150 cm³/mol. The molecule has 0 aliphatic carbocycles. The van der Waals surface area contributed by atoms with Crippen LogP contribution in [0.3, 0.4) is 0 Å². The molecule has 6 N–H and O–H groups in total. The van der Waals surface area contributed by atoms with Crippen LogP contribution in [0.5, 0.6) is 0 Å². The first-order chi connectivity index (χ1) is 17.9. The van der Waals surface area contributed by atoms with Crippen molar-refractivity contribution in [3.05, 3.63) is 74.6 Å². The molecule has 0 bridgehead atoms. The Bertz CT molecular complexity index is 1450. The second-order valence-electron chi connectivity index (χ2n) is 9.40. The normalized spacial score (nSPS) is 16.8. The predicted octanol–water partition coefficient (Wildman–Crippen LogP) is 3.30. The van der Waals surface area contributed by atoms with E-state index in [1.807, 2.05) is 31.2 Å². The third-order valence-corrected chi connectivity index (χ3v) is 7.27. The van der Waals surface area contributed by atoms with Crippen molar-refractivity contribution in [2.24, 2.45) is 0 Å². The number of hydrogen-bond acceptors (Lipinski definition) is 7. The van der Waals surface area contributed by atoms with Crippen molar-refractivity contribution in [1.29, 1.82) is 0 Å². The van der Waals surface area contributed by atoms with Crippen molar-refractivity contribution in [3.8, 4) is 11.4 Å². The first-order valence-corrected chi connectivity index (χ1v) is 13.2. The lowest BCUT2D eigenvalue weighted by Gasteiger charge is -2.35. The lowest BCUT2D eigenvalue weighted by Crippen LogP contribution is -2.51. The summed E-state index contributed by atoms with van der Waals surface area (Å²) in [6, 6.07) is 13.7. The number of rotatable bonds is 8. The van der Waals surface area contributed by atoms with Gasteiger partial charge >= 0.3 is 0 Å². The van der Waals surface area contributed by atoms with Gasteiger partial charge in [-0.25, -0.2) is 4.98 Å². The molecule has 4 aromatic rings. The highest BCUT2D eigenvalue weighted by molar-refractivity contribution is 9.10. The molecule has 2 atom stereocenters. The van der Waals surface area contributed by atoms with Gasteiger partial charge in [-0.1, -0.05) is 28.1 Å². The smallest absolute Gasteiger partial charge is 0.261 e. The maximum absolute atomic E-state index is 12.9. The van der Waals surface area contributed by atoms with E-state index in [-0.39, 0.29) is 24.8 Å². The van der Waals surface area contributed by atoms with E-state index < -0.39 is 6.10 Å². The fourth-order valence-electron chi connectivity index (χ4n) is 4.88. The highest BCUT2D eigenvalue weighted by atomic mass is 79.9. The fourth-order valence-corrected chi connectivity index (χ4v) is 5.30. The molecule has 1 aliphatic rings. The largest absolute Gasteiger partial charge is 0.396 e. The highest BCUT2D eigenvalue weighted by Gasteiger charge is 2.21. The van der Waals surface area contributed by atoms with Gasteiger partial charge in [0.05, 0.1) is 22.8 Å². The summed E-state index contributed by atoms with van der Waals surface area (Å²) in [5, 5.41) is 26.7. The number of hydrogen-bond donors (Lipinski definition) is 6. The van der Waals surface area contributed by atoms with Crippen molar-refractivity contribution < 1.29 is 10.2 Å². The zero-order chi connectivity index (χ0) is 25.9. The molecule has 2 aromatic heterocycles. The molecule has 2 aromatic carbocycles. The van der Waals surface area contributed by atoms with Gasteiger partial charge in [-0.2, -0.15) is 0 Å². The lowest BCUT2D eigenvalue weighted by molar-refractivity contribution is 0.191. The van der Waals surface area contributed by atoms with Gasteiger partial charge in [0.1, 0.15) is 11.4 Å². The topological polar surface area (TPSA) is 129 Å². The van der Waals surface area contributed by atoms with Gasteiger partial charge in [0, 0.05) is 55.2 Å². The molecule has 1 fully saturated rings. The first-order valence-electron chi connectivity index (χ1n) is 12.4. The summed E-state index contributed by atoms with van der Waals surface area (Å²) in [5.41, 5.74) is 5.24. The summed E-state index contributed by atoms with van der Waals surface area (Å²) >= 11 is 3.44. The third kappa shape index (κ3) is 5.57. The van der Waals surface area contributed by atoms with Gasteiger partial charge in [0.2, 0.25) is 0 Å². The van der Waals surface area contributed by atoms with E-state index in [0.717, 1.165) is 58.4 Å². The van der Waals surface area contributed by atoms with Gasteiger partial charge in [0.15, 0.2) is 0 Å². The van der Waals surface area contributed by atoms with E-state index in [1.165, 1.54) is 0 Å². The molecule has 9 nitrogen and oxygen atoms in total. The Labute approximate surface area is 223 Å². The Balaban J connectivity index is 1.43. The molecule has 5 rings (SSSR count). The number of anilines is 2. The van der Waals surface area contributed by atoms with Crippen LogP contribution in [0.15, 0.2) is 57.9 Å². The number of aromatic nitrogens is 3. The van der Waals surface area contributed by atoms with Crippen LogP contribution in [0.2, 0.25) is 0 Å². The molecular formula is C27H31BrN6O3. The van der Waals surface area contributed by atoms with Crippen LogP contribution in [-0.2, 0) is 0 Å². The van der Waals surface area contributed by atoms with Crippen LogP contribution in [0.25, 0.3) is 22.4 Å². The van der Waals surface area contributed by atoms with Crippen molar-refractivity contribution in [3.63, 3.8) is 0 Å². The fraction of sp³-hybridized carbons (Fsp3) is 0.333. The number of halogens is 1. The van der Waals surface area contributed by atoms with Crippen LogP contribution < -0.4 is 21.1 Å². The standard InChI is InChI=1S/C27H31BrN6O3/c1-16-11-20(34-9-8-29-19(15-34)6-10-35)13-22-25(16)33-26(32-22)24-21(5-7-30-27(24)37)31-14-23(36)17-3-2-4-18(28)12-17/h2-5,7,11-13,19,23,29,35-36H,6,8-10,14-15H2,1H3,(H,32,33)(H2,30,31,37). The molecule has 1 aliphatic heterocycles. The number of aryl methyl sites for hydroxylation is 1. The molecule has 0 radical (unpaired) electrons. The van der Waals surface area contributed by atoms with Crippen LogP contribution in [0, 0.1) is 6.92 Å². The molecule has 37 heavy (non-hydrogen) atoms. The highest BCUT2D eigenvalue weighted by Crippen LogP contribution is 2.30. The van der Waals surface area contributed by atoms with Crippen LogP contribution >= 0.6 is 15.9 Å². The van der Waals surface area contributed by atoms with Crippen molar-refractivity contribution in [2.45, 2.75) is 25.5 Å². The molecule has 0 spiro atoms. The molecule has 0 amide bonds. The van der Waals surface area contributed by atoms with Crippen LogP contribution in [0.1, 0.15) is 23.7 Å². The Morgan fingerprint density at radius 3 is 2.95 bits per heavy atom. The number of benzene rings is 2. The number of aromatic amines is 2. The Morgan fingerprint density at radius 1 is 1.27 bits per heavy atom. The number of aliphatic hydroxyl groups excluding tert-OH is 2. The van der Waals surface area contributed by atoms with Gasteiger partial charge < -0.3 is 35.7 Å². The Hall–Kier alpha value is -3.18. The first kappa shape index (κ1) is 25.5. The number of nitrogens with zero attached hydrogens (tertiary/aromatic N) is 2. The molecule has 10 heteroatoms. The minimum Gasteiger partial charge on any atom is -0.396 e. The monoisotopic (exact) mass is 566 g/mol. The minimum atomic E-state index is -0.751. The second-order valence-corrected chi connectivity index (χ2v) is 10.3. The molecule has 1 saturated heterocycles.